The lowest BCUT2D eigenvalue weighted by atomic mass is 9.96. The maximum absolute atomic E-state index is 12.5. The highest BCUT2D eigenvalue weighted by atomic mass is 35.5. The normalized spacial score (nSPS) is 19.4. The van der Waals surface area contributed by atoms with Crippen molar-refractivity contribution in [1.29, 1.82) is 0 Å². The van der Waals surface area contributed by atoms with E-state index in [1.165, 1.54) is 12.1 Å². The van der Waals surface area contributed by atoms with Gasteiger partial charge in [0.15, 0.2) is 0 Å². The van der Waals surface area contributed by atoms with Gasteiger partial charge in [0.25, 0.3) is 0 Å². The lowest BCUT2D eigenvalue weighted by molar-refractivity contribution is -0.137. The Kier molecular flexibility index (Phi) is 4.41. The summed E-state index contributed by atoms with van der Waals surface area (Å²) in [4.78, 5) is 0. The van der Waals surface area contributed by atoms with Crippen molar-refractivity contribution in [3.05, 3.63) is 34.9 Å². The molecule has 6 heteroatoms. The van der Waals surface area contributed by atoms with Crippen molar-refractivity contribution in [2.24, 2.45) is 0 Å². The average Bonchev–Trinajstić information content (AvgIpc) is 2.26. The summed E-state index contributed by atoms with van der Waals surface area (Å²) in [5.74, 6) is 0. The van der Waals surface area contributed by atoms with E-state index in [0.717, 1.165) is 11.6 Å². The summed E-state index contributed by atoms with van der Waals surface area (Å²) < 4.78 is 42.9. The number of benzene rings is 1. The standard InChI is InChI=1S/C11H12F3NO.ClH/c1-15-10-6-16-5-7-2-3-8(4-9(7)10)11(12,13)14;/h2-4,10,15H,5-6H2,1H3;1H. The SMILES string of the molecule is CNC1COCc2ccc(C(F)(F)F)cc21.Cl. The van der Waals surface area contributed by atoms with Crippen LogP contribution >= 0.6 is 12.4 Å². The molecular weight excluding hydrogens is 255 g/mol. The van der Waals surface area contributed by atoms with Gasteiger partial charge in [0.2, 0.25) is 0 Å². The Morgan fingerprint density at radius 1 is 1.35 bits per heavy atom. The van der Waals surface area contributed by atoms with Gasteiger partial charge in [0.05, 0.1) is 24.8 Å². The fourth-order valence-electron chi connectivity index (χ4n) is 1.84. The van der Waals surface area contributed by atoms with E-state index in [2.05, 4.69) is 5.32 Å². The topological polar surface area (TPSA) is 21.3 Å². The number of rotatable bonds is 1. The summed E-state index contributed by atoms with van der Waals surface area (Å²) in [7, 11) is 1.71. The minimum Gasteiger partial charge on any atom is -0.375 e. The molecule has 0 amide bonds. The molecule has 0 spiro atoms. The number of alkyl halides is 3. The van der Waals surface area contributed by atoms with E-state index in [1.54, 1.807) is 7.05 Å². The second-order valence-corrected chi connectivity index (χ2v) is 3.77. The van der Waals surface area contributed by atoms with Crippen LogP contribution in [0.1, 0.15) is 22.7 Å². The molecule has 0 aromatic heterocycles. The molecule has 1 N–H and O–H groups in total. The quantitative estimate of drug-likeness (QED) is 0.845. The van der Waals surface area contributed by atoms with Gasteiger partial charge in [0, 0.05) is 0 Å². The van der Waals surface area contributed by atoms with Gasteiger partial charge in [-0.3, -0.25) is 0 Å². The summed E-state index contributed by atoms with van der Waals surface area (Å²) in [5, 5.41) is 2.95. The van der Waals surface area contributed by atoms with Crippen LogP contribution in [0.15, 0.2) is 18.2 Å². The molecule has 0 saturated carbocycles. The van der Waals surface area contributed by atoms with E-state index in [4.69, 9.17) is 4.74 Å². The molecule has 1 unspecified atom stereocenters. The van der Waals surface area contributed by atoms with Crippen LogP contribution in [0, 0.1) is 0 Å². The van der Waals surface area contributed by atoms with Gasteiger partial charge in [-0.1, -0.05) is 6.07 Å². The van der Waals surface area contributed by atoms with E-state index in [1.807, 2.05) is 0 Å². The van der Waals surface area contributed by atoms with E-state index < -0.39 is 11.7 Å². The molecule has 1 heterocycles. The van der Waals surface area contributed by atoms with Gasteiger partial charge in [-0.15, -0.1) is 12.4 Å². The number of hydrogen-bond acceptors (Lipinski definition) is 2. The number of hydrogen-bond donors (Lipinski definition) is 1. The van der Waals surface area contributed by atoms with Crippen LogP contribution in [0.25, 0.3) is 0 Å². The van der Waals surface area contributed by atoms with E-state index in [0.29, 0.717) is 18.8 Å². The molecule has 1 aliphatic rings. The largest absolute Gasteiger partial charge is 0.416 e. The van der Waals surface area contributed by atoms with Gasteiger partial charge >= 0.3 is 6.18 Å². The van der Waals surface area contributed by atoms with Crippen LogP contribution in [-0.4, -0.2) is 13.7 Å². The van der Waals surface area contributed by atoms with Crippen molar-refractivity contribution in [2.75, 3.05) is 13.7 Å². The summed E-state index contributed by atoms with van der Waals surface area (Å²) >= 11 is 0. The molecule has 1 atom stereocenters. The molecule has 17 heavy (non-hydrogen) atoms. The summed E-state index contributed by atoms with van der Waals surface area (Å²) in [6.07, 6.45) is -4.29. The highest BCUT2D eigenvalue weighted by molar-refractivity contribution is 5.85. The first-order valence-corrected chi connectivity index (χ1v) is 4.97. The highest BCUT2D eigenvalue weighted by Gasteiger charge is 2.32. The predicted molar refractivity (Wildman–Crippen MR) is 60.1 cm³/mol. The third-order valence-corrected chi connectivity index (χ3v) is 2.74. The molecular formula is C11H13ClF3NO. The fraction of sp³-hybridized carbons (Fsp3) is 0.455. The molecule has 0 bridgehead atoms. The Bertz CT molecular complexity index is 395. The fourth-order valence-corrected chi connectivity index (χ4v) is 1.84. The highest BCUT2D eigenvalue weighted by Crippen LogP contribution is 2.33. The first-order valence-electron chi connectivity index (χ1n) is 4.97. The third kappa shape index (κ3) is 2.91. The second kappa shape index (κ2) is 5.25. The monoisotopic (exact) mass is 267 g/mol. The van der Waals surface area contributed by atoms with Crippen molar-refractivity contribution in [3.8, 4) is 0 Å². The van der Waals surface area contributed by atoms with Crippen molar-refractivity contribution in [2.45, 2.75) is 18.8 Å². The molecule has 0 fully saturated rings. The van der Waals surface area contributed by atoms with Crippen molar-refractivity contribution < 1.29 is 17.9 Å². The van der Waals surface area contributed by atoms with E-state index >= 15 is 0 Å². The van der Waals surface area contributed by atoms with E-state index in [-0.39, 0.29) is 18.4 Å². The summed E-state index contributed by atoms with van der Waals surface area (Å²) in [6, 6.07) is 3.63. The number of ether oxygens (including phenoxy) is 1. The van der Waals surface area contributed by atoms with Crippen molar-refractivity contribution in [3.63, 3.8) is 0 Å². The first kappa shape index (κ1) is 14.3. The van der Waals surface area contributed by atoms with Crippen LogP contribution in [0.4, 0.5) is 13.2 Å². The van der Waals surface area contributed by atoms with Gasteiger partial charge in [-0.05, 0) is 30.3 Å². The minimum atomic E-state index is -4.29. The summed E-state index contributed by atoms with van der Waals surface area (Å²) in [5.41, 5.74) is 0.899. The molecule has 96 valence electrons. The van der Waals surface area contributed by atoms with Crippen LogP contribution in [0.5, 0.6) is 0 Å². The maximum Gasteiger partial charge on any atom is 0.416 e. The number of halogens is 4. The molecule has 1 aromatic carbocycles. The van der Waals surface area contributed by atoms with Gasteiger partial charge < -0.3 is 10.1 Å². The zero-order valence-electron chi connectivity index (χ0n) is 9.17. The zero-order valence-corrected chi connectivity index (χ0v) is 9.99. The average molecular weight is 268 g/mol. The maximum atomic E-state index is 12.5. The zero-order chi connectivity index (χ0) is 11.8. The Balaban J connectivity index is 0.00000144. The van der Waals surface area contributed by atoms with Crippen molar-refractivity contribution in [1.82, 2.24) is 5.32 Å². The summed E-state index contributed by atoms with van der Waals surface area (Å²) in [6.45, 7) is 0.788. The molecule has 1 aromatic rings. The Hall–Kier alpha value is -0.780. The molecule has 2 rings (SSSR count). The van der Waals surface area contributed by atoms with Crippen LogP contribution < -0.4 is 5.32 Å². The Labute approximate surface area is 104 Å². The molecule has 0 radical (unpaired) electrons. The molecule has 1 aliphatic heterocycles. The van der Waals surface area contributed by atoms with Gasteiger partial charge in [-0.2, -0.15) is 13.2 Å². The van der Waals surface area contributed by atoms with Gasteiger partial charge in [0.1, 0.15) is 0 Å². The smallest absolute Gasteiger partial charge is 0.375 e. The number of fused-ring (bicyclic) bond motifs is 1. The second-order valence-electron chi connectivity index (χ2n) is 3.77. The first-order chi connectivity index (χ1) is 7.52. The van der Waals surface area contributed by atoms with Crippen LogP contribution in [-0.2, 0) is 17.5 Å². The number of nitrogens with one attached hydrogen (secondary N) is 1. The Morgan fingerprint density at radius 3 is 2.65 bits per heavy atom. The molecule has 2 nitrogen and oxygen atoms in total. The molecule has 0 aliphatic carbocycles. The third-order valence-electron chi connectivity index (χ3n) is 2.74. The van der Waals surface area contributed by atoms with E-state index in [9.17, 15) is 13.2 Å². The number of likely N-dealkylation sites (N-methyl/N-ethyl adjacent to an activating group) is 1. The lowest BCUT2D eigenvalue weighted by Crippen LogP contribution is -2.27. The molecule has 0 saturated heterocycles. The lowest BCUT2D eigenvalue weighted by Gasteiger charge is -2.26. The van der Waals surface area contributed by atoms with Crippen LogP contribution in [0.3, 0.4) is 0 Å². The van der Waals surface area contributed by atoms with Gasteiger partial charge in [-0.25, -0.2) is 0 Å². The minimum absolute atomic E-state index is 0. The predicted octanol–water partition coefficient (Wildman–Crippen LogP) is 2.92. The van der Waals surface area contributed by atoms with Crippen molar-refractivity contribution >= 4 is 12.4 Å². The van der Waals surface area contributed by atoms with Crippen LogP contribution in [0.2, 0.25) is 0 Å². The Morgan fingerprint density at radius 2 is 2.06 bits per heavy atom.